The van der Waals surface area contributed by atoms with Crippen LogP contribution >= 0.6 is 0 Å². The highest BCUT2D eigenvalue weighted by molar-refractivity contribution is 5.35. The second-order valence-electron chi connectivity index (χ2n) is 6.40. The van der Waals surface area contributed by atoms with Gasteiger partial charge in [0.1, 0.15) is 0 Å². The van der Waals surface area contributed by atoms with Crippen LogP contribution in [-0.4, -0.2) is 28.7 Å². The van der Waals surface area contributed by atoms with Crippen molar-refractivity contribution in [3.05, 3.63) is 11.9 Å². The molecule has 1 saturated carbocycles. The summed E-state index contributed by atoms with van der Waals surface area (Å²) in [5.74, 6) is 1.79. The van der Waals surface area contributed by atoms with Crippen molar-refractivity contribution in [1.29, 1.82) is 0 Å². The fraction of sp³-hybridized carbons (Fsp3) is 0.800. The highest BCUT2D eigenvalue weighted by atomic mass is 15.3. The number of hydrogen-bond acceptors (Lipinski definition) is 3. The van der Waals surface area contributed by atoms with Gasteiger partial charge in [-0.1, -0.05) is 19.8 Å². The van der Waals surface area contributed by atoms with Gasteiger partial charge in [-0.2, -0.15) is 0 Å². The molecule has 0 amide bonds. The van der Waals surface area contributed by atoms with Gasteiger partial charge in [-0.3, -0.25) is 0 Å². The Hall–Kier alpha value is -1.03. The van der Waals surface area contributed by atoms with E-state index in [0.717, 1.165) is 24.7 Å². The zero-order chi connectivity index (χ0) is 13.4. The van der Waals surface area contributed by atoms with Crippen LogP contribution in [0.5, 0.6) is 0 Å². The number of imidazole rings is 1. The van der Waals surface area contributed by atoms with Crippen LogP contribution < -0.4 is 10.6 Å². The van der Waals surface area contributed by atoms with Gasteiger partial charge >= 0.3 is 0 Å². The van der Waals surface area contributed by atoms with Crippen LogP contribution in [0.2, 0.25) is 0 Å². The smallest absolute Gasteiger partial charge is 0.206 e. The first-order valence-electron chi connectivity index (χ1n) is 7.71. The average Bonchev–Trinajstić information content (AvgIpc) is 3.01. The molecule has 2 unspecified atom stereocenters. The fourth-order valence-corrected chi connectivity index (χ4v) is 3.47. The maximum absolute atomic E-state index is 6.24. The van der Waals surface area contributed by atoms with Crippen molar-refractivity contribution < 1.29 is 0 Å². The lowest BCUT2D eigenvalue weighted by Gasteiger charge is -2.36. The lowest BCUT2D eigenvalue weighted by molar-refractivity contribution is 0.371. The van der Waals surface area contributed by atoms with Gasteiger partial charge in [0.15, 0.2) is 0 Å². The first-order valence-corrected chi connectivity index (χ1v) is 7.71. The molecule has 3 rings (SSSR count). The van der Waals surface area contributed by atoms with Gasteiger partial charge < -0.3 is 15.2 Å². The molecule has 2 fully saturated rings. The molecule has 2 atom stereocenters. The molecule has 2 N–H and O–H groups in total. The maximum atomic E-state index is 6.24. The first kappa shape index (κ1) is 13.0. The van der Waals surface area contributed by atoms with Gasteiger partial charge in [0.2, 0.25) is 5.95 Å². The van der Waals surface area contributed by atoms with Crippen molar-refractivity contribution in [1.82, 2.24) is 9.55 Å². The molecule has 1 aromatic rings. The number of aromatic nitrogens is 2. The quantitative estimate of drug-likeness (QED) is 0.890. The van der Waals surface area contributed by atoms with E-state index in [-0.39, 0.29) is 6.04 Å². The molecule has 1 aromatic heterocycles. The monoisotopic (exact) mass is 262 g/mol. The predicted octanol–water partition coefficient (Wildman–Crippen LogP) is 2.48. The Morgan fingerprint density at radius 3 is 2.68 bits per heavy atom. The number of aryl methyl sites for hydroxylation is 1. The Morgan fingerprint density at radius 2 is 2.00 bits per heavy atom. The van der Waals surface area contributed by atoms with E-state index in [1.165, 1.54) is 32.1 Å². The Balaban J connectivity index is 1.83. The summed E-state index contributed by atoms with van der Waals surface area (Å²) in [7, 11) is 0. The van der Waals surface area contributed by atoms with E-state index in [2.05, 4.69) is 29.5 Å². The molecule has 4 heteroatoms. The summed E-state index contributed by atoms with van der Waals surface area (Å²) in [5.41, 5.74) is 7.37. The number of rotatable bonds is 2. The normalized spacial score (nSPS) is 29.1. The van der Waals surface area contributed by atoms with Crippen molar-refractivity contribution in [2.75, 3.05) is 18.0 Å². The molecule has 0 aromatic carbocycles. The maximum Gasteiger partial charge on any atom is 0.206 e. The lowest BCUT2D eigenvalue weighted by Crippen LogP contribution is -2.48. The van der Waals surface area contributed by atoms with Crippen LogP contribution in [0, 0.1) is 12.8 Å². The zero-order valence-corrected chi connectivity index (χ0v) is 12.2. The largest absolute Gasteiger partial charge is 0.341 e. The van der Waals surface area contributed by atoms with Gasteiger partial charge in [0.25, 0.3) is 0 Å². The first-order chi connectivity index (χ1) is 9.15. The summed E-state index contributed by atoms with van der Waals surface area (Å²) in [5, 5.41) is 0. The fourth-order valence-electron chi connectivity index (χ4n) is 3.47. The molecule has 0 bridgehead atoms. The van der Waals surface area contributed by atoms with E-state index in [9.17, 15) is 0 Å². The van der Waals surface area contributed by atoms with Crippen molar-refractivity contribution in [3.8, 4) is 0 Å². The molecule has 1 aliphatic carbocycles. The number of nitrogens with two attached hydrogens (primary N) is 1. The van der Waals surface area contributed by atoms with Gasteiger partial charge in [-0.25, -0.2) is 4.98 Å². The average molecular weight is 262 g/mol. The summed E-state index contributed by atoms with van der Waals surface area (Å²) in [6.07, 6.45) is 8.74. The standard InChI is InChI=1S/C15H26N4/c1-11-7-8-18(10-14(11)16)15-17-12(2)9-19(15)13-5-3-4-6-13/h9,11,13-14H,3-8,10,16H2,1-2H3. The van der Waals surface area contributed by atoms with E-state index in [4.69, 9.17) is 10.7 Å². The summed E-state index contributed by atoms with van der Waals surface area (Å²) in [6, 6.07) is 0.939. The minimum Gasteiger partial charge on any atom is -0.341 e. The predicted molar refractivity (Wildman–Crippen MR) is 78.4 cm³/mol. The summed E-state index contributed by atoms with van der Waals surface area (Å²) in [4.78, 5) is 7.17. The van der Waals surface area contributed by atoms with Crippen LogP contribution in [0.15, 0.2) is 6.20 Å². The van der Waals surface area contributed by atoms with Gasteiger partial charge in [0, 0.05) is 31.4 Å². The molecule has 0 spiro atoms. The molecule has 0 radical (unpaired) electrons. The van der Waals surface area contributed by atoms with E-state index in [0.29, 0.717) is 12.0 Å². The van der Waals surface area contributed by atoms with E-state index < -0.39 is 0 Å². The Bertz CT molecular complexity index is 433. The third-order valence-corrected chi connectivity index (χ3v) is 4.85. The minimum absolute atomic E-state index is 0.280. The second-order valence-corrected chi connectivity index (χ2v) is 6.40. The third-order valence-electron chi connectivity index (χ3n) is 4.85. The van der Waals surface area contributed by atoms with Crippen LogP contribution in [0.3, 0.4) is 0 Å². The third kappa shape index (κ3) is 2.50. The van der Waals surface area contributed by atoms with Crippen LogP contribution in [0.1, 0.15) is 50.8 Å². The SMILES string of the molecule is Cc1cn(C2CCCC2)c(N2CCC(C)C(N)C2)n1. The summed E-state index contributed by atoms with van der Waals surface area (Å²) >= 11 is 0. The Kier molecular flexibility index (Phi) is 3.52. The number of nitrogens with zero attached hydrogens (tertiary/aromatic N) is 3. The molecular weight excluding hydrogens is 236 g/mol. The number of hydrogen-bond donors (Lipinski definition) is 1. The van der Waals surface area contributed by atoms with Crippen LogP contribution in [-0.2, 0) is 0 Å². The molecular formula is C15H26N4. The van der Waals surface area contributed by atoms with Crippen molar-refractivity contribution in [2.24, 2.45) is 11.7 Å². The lowest BCUT2D eigenvalue weighted by atomic mass is 9.94. The van der Waals surface area contributed by atoms with Crippen LogP contribution in [0.4, 0.5) is 5.95 Å². The summed E-state index contributed by atoms with van der Waals surface area (Å²) < 4.78 is 2.42. The van der Waals surface area contributed by atoms with Crippen molar-refractivity contribution in [3.63, 3.8) is 0 Å². The topological polar surface area (TPSA) is 47.1 Å². The molecule has 1 aliphatic heterocycles. The van der Waals surface area contributed by atoms with Crippen molar-refractivity contribution in [2.45, 2.75) is 58.0 Å². The van der Waals surface area contributed by atoms with Crippen molar-refractivity contribution >= 4 is 5.95 Å². The molecule has 2 aliphatic rings. The Labute approximate surface area is 116 Å². The van der Waals surface area contributed by atoms with Gasteiger partial charge in [-0.05, 0) is 32.1 Å². The zero-order valence-electron chi connectivity index (χ0n) is 12.2. The van der Waals surface area contributed by atoms with Crippen LogP contribution in [0.25, 0.3) is 0 Å². The van der Waals surface area contributed by atoms with E-state index in [1.54, 1.807) is 0 Å². The van der Waals surface area contributed by atoms with Gasteiger partial charge in [-0.15, -0.1) is 0 Å². The number of piperidine rings is 1. The molecule has 2 heterocycles. The van der Waals surface area contributed by atoms with E-state index in [1.807, 2.05) is 0 Å². The highest BCUT2D eigenvalue weighted by Gasteiger charge is 2.28. The highest BCUT2D eigenvalue weighted by Crippen LogP contribution is 2.34. The molecule has 1 saturated heterocycles. The Morgan fingerprint density at radius 1 is 1.26 bits per heavy atom. The second kappa shape index (κ2) is 5.16. The van der Waals surface area contributed by atoms with E-state index >= 15 is 0 Å². The molecule has 19 heavy (non-hydrogen) atoms. The number of anilines is 1. The summed E-state index contributed by atoms with van der Waals surface area (Å²) in [6.45, 7) is 6.40. The minimum atomic E-state index is 0.280. The molecule has 4 nitrogen and oxygen atoms in total. The van der Waals surface area contributed by atoms with Gasteiger partial charge in [0.05, 0.1) is 5.69 Å². The molecule has 106 valence electrons.